The van der Waals surface area contributed by atoms with Crippen molar-refractivity contribution in [3.05, 3.63) is 50.1 Å². The van der Waals surface area contributed by atoms with Gasteiger partial charge < -0.3 is 10.2 Å². The minimum Gasteiger partial charge on any atom is -0.322 e. The van der Waals surface area contributed by atoms with E-state index in [-0.39, 0.29) is 5.91 Å². The summed E-state index contributed by atoms with van der Waals surface area (Å²) >= 11 is 13.0. The van der Waals surface area contributed by atoms with Gasteiger partial charge in [-0.25, -0.2) is 0 Å². The summed E-state index contributed by atoms with van der Waals surface area (Å²) in [5.41, 5.74) is 2.27. The highest BCUT2D eigenvalue weighted by atomic mass is 35.5. The Kier molecular flexibility index (Phi) is 5.05. The Bertz CT molecular complexity index is 625. The topological polar surface area (TPSA) is 32.3 Å². The number of hydrogen-bond donors (Lipinski definition) is 1. The molecule has 1 amide bonds. The maximum absolute atomic E-state index is 12.1. The number of halogens is 2. The van der Waals surface area contributed by atoms with Gasteiger partial charge in [-0.05, 0) is 37.9 Å². The van der Waals surface area contributed by atoms with E-state index in [4.69, 9.17) is 23.2 Å². The molecule has 1 aromatic heterocycles. The molecule has 2 aromatic rings. The molecule has 2 rings (SSSR count). The predicted molar refractivity (Wildman–Crippen MR) is 86.1 cm³/mol. The van der Waals surface area contributed by atoms with E-state index in [9.17, 15) is 4.79 Å². The number of carbonyl (C=O) groups excluding carboxylic acids is 1. The van der Waals surface area contributed by atoms with Gasteiger partial charge in [-0.15, -0.1) is 11.3 Å². The first-order valence-electron chi connectivity index (χ1n) is 5.95. The van der Waals surface area contributed by atoms with E-state index in [1.54, 1.807) is 6.07 Å². The van der Waals surface area contributed by atoms with Gasteiger partial charge in [0.1, 0.15) is 4.34 Å². The molecule has 6 heteroatoms. The number of benzene rings is 1. The summed E-state index contributed by atoms with van der Waals surface area (Å²) in [6.07, 6.45) is 0. The molecular weight excluding hydrogens is 315 g/mol. The number of thiophene rings is 1. The van der Waals surface area contributed by atoms with Gasteiger partial charge >= 0.3 is 0 Å². The lowest BCUT2D eigenvalue weighted by atomic mass is 10.2. The summed E-state index contributed by atoms with van der Waals surface area (Å²) in [4.78, 5) is 14.2. The van der Waals surface area contributed by atoms with Crippen LogP contribution in [0.2, 0.25) is 8.67 Å². The third kappa shape index (κ3) is 3.96. The van der Waals surface area contributed by atoms with Crippen molar-refractivity contribution in [2.24, 2.45) is 0 Å². The van der Waals surface area contributed by atoms with Crippen molar-refractivity contribution in [2.75, 3.05) is 19.4 Å². The van der Waals surface area contributed by atoms with Gasteiger partial charge in [0, 0.05) is 12.2 Å². The number of amides is 1. The zero-order valence-electron chi connectivity index (χ0n) is 11.1. The Labute approximate surface area is 132 Å². The van der Waals surface area contributed by atoms with E-state index < -0.39 is 0 Å². The van der Waals surface area contributed by atoms with Crippen LogP contribution in [0.3, 0.4) is 0 Å². The van der Waals surface area contributed by atoms with Crippen molar-refractivity contribution in [3.63, 3.8) is 0 Å². The highest BCUT2D eigenvalue weighted by molar-refractivity contribution is 7.20. The fourth-order valence-corrected chi connectivity index (χ4v) is 3.26. The fraction of sp³-hybridized carbons (Fsp3) is 0.214. The van der Waals surface area contributed by atoms with Gasteiger partial charge in [-0.2, -0.15) is 0 Å². The quantitative estimate of drug-likeness (QED) is 0.903. The van der Waals surface area contributed by atoms with Crippen LogP contribution in [0.1, 0.15) is 15.9 Å². The molecule has 0 unspecified atom stereocenters. The first-order chi connectivity index (χ1) is 9.45. The molecule has 1 heterocycles. The van der Waals surface area contributed by atoms with Gasteiger partial charge in [0.15, 0.2) is 0 Å². The van der Waals surface area contributed by atoms with E-state index in [1.807, 2.05) is 38.4 Å². The van der Waals surface area contributed by atoms with E-state index in [0.29, 0.717) is 14.2 Å². The molecule has 1 N–H and O–H groups in total. The summed E-state index contributed by atoms with van der Waals surface area (Å²) < 4.78 is 0.901. The van der Waals surface area contributed by atoms with Gasteiger partial charge in [0.2, 0.25) is 0 Å². The van der Waals surface area contributed by atoms with Crippen molar-refractivity contribution in [1.29, 1.82) is 0 Å². The third-order valence-electron chi connectivity index (χ3n) is 2.58. The Morgan fingerprint density at radius 1 is 1.30 bits per heavy atom. The number of hydrogen-bond acceptors (Lipinski definition) is 3. The maximum atomic E-state index is 12.1. The van der Waals surface area contributed by atoms with Crippen LogP contribution in [0.4, 0.5) is 5.69 Å². The number of nitrogens with one attached hydrogen (secondary N) is 1. The van der Waals surface area contributed by atoms with E-state index in [2.05, 4.69) is 10.2 Å². The lowest BCUT2D eigenvalue weighted by Crippen LogP contribution is -2.13. The van der Waals surface area contributed by atoms with Crippen LogP contribution >= 0.6 is 34.5 Å². The smallest absolute Gasteiger partial charge is 0.258 e. The van der Waals surface area contributed by atoms with Crippen LogP contribution in [0, 0.1) is 0 Å². The van der Waals surface area contributed by atoms with E-state index in [0.717, 1.165) is 17.8 Å². The minimum absolute atomic E-state index is 0.250. The first kappa shape index (κ1) is 15.3. The summed E-state index contributed by atoms with van der Waals surface area (Å²) in [5.74, 6) is -0.250. The van der Waals surface area contributed by atoms with Crippen LogP contribution < -0.4 is 5.32 Å². The van der Waals surface area contributed by atoms with E-state index in [1.165, 1.54) is 11.3 Å². The normalized spacial score (nSPS) is 10.8. The lowest BCUT2D eigenvalue weighted by Gasteiger charge is -2.11. The standard InChI is InChI=1S/C14H14Cl2N2OS/c1-18(2)8-9-4-3-5-10(6-9)17-14(19)11-7-12(15)20-13(11)16/h3-7H,8H2,1-2H3,(H,17,19). The summed E-state index contributed by atoms with van der Waals surface area (Å²) in [6, 6.07) is 9.30. The second-order valence-electron chi connectivity index (χ2n) is 4.63. The van der Waals surface area contributed by atoms with Crippen molar-refractivity contribution in [3.8, 4) is 0 Å². The number of nitrogens with zero attached hydrogens (tertiary/aromatic N) is 1. The molecule has 0 spiro atoms. The molecule has 0 saturated carbocycles. The summed E-state index contributed by atoms with van der Waals surface area (Å²) in [5, 5.41) is 2.83. The Morgan fingerprint density at radius 2 is 2.05 bits per heavy atom. The van der Waals surface area contributed by atoms with Crippen LogP contribution in [0.5, 0.6) is 0 Å². The maximum Gasteiger partial charge on any atom is 0.258 e. The van der Waals surface area contributed by atoms with Crippen LogP contribution in [0.25, 0.3) is 0 Å². The molecule has 0 aliphatic carbocycles. The molecule has 0 fully saturated rings. The fourth-order valence-electron chi connectivity index (χ4n) is 1.81. The minimum atomic E-state index is -0.250. The van der Waals surface area contributed by atoms with Gasteiger partial charge in [-0.1, -0.05) is 35.3 Å². The number of anilines is 1. The highest BCUT2D eigenvalue weighted by Crippen LogP contribution is 2.31. The van der Waals surface area contributed by atoms with Crippen LogP contribution in [-0.2, 0) is 6.54 Å². The second-order valence-corrected chi connectivity index (χ2v) is 6.92. The van der Waals surface area contributed by atoms with Crippen molar-refractivity contribution < 1.29 is 4.79 Å². The number of rotatable bonds is 4. The second kappa shape index (κ2) is 6.59. The molecular formula is C14H14Cl2N2OS. The SMILES string of the molecule is CN(C)Cc1cccc(NC(=O)c2cc(Cl)sc2Cl)c1. The number of carbonyl (C=O) groups is 1. The Hall–Kier alpha value is -1.07. The van der Waals surface area contributed by atoms with Crippen molar-refractivity contribution >= 4 is 46.1 Å². The largest absolute Gasteiger partial charge is 0.322 e. The summed E-state index contributed by atoms with van der Waals surface area (Å²) in [6.45, 7) is 0.814. The molecule has 3 nitrogen and oxygen atoms in total. The first-order valence-corrected chi connectivity index (χ1v) is 7.53. The molecule has 0 radical (unpaired) electrons. The monoisotopic (exact) mass is 328 g/mol. The predicted octanol–water partition coefficient (Wildman–Crippen LogP) is 4.37. The molecule has 0 aliphatic heterocycles. The van der Waals surface area contributed by atoms with Gasteiger partial charge in [-0.3, -0.25) is 4.79 Å². The zero-order chi connectivity index (χ0) is 14.7. The van der Waals surface area contributed by atoms with Crippen LogP contribution in [-0.4, -0.2) is 24.9 Å². The molecule has 20 heavy (non-hydrogen) atoms. The average molecular weight is 329 g/mol. The molecule has 0 bridgehead atoms. The van der Waals surface area contributed by atoms with Gasteiger partial charge in [0.05, 0.1) is 9.90 Å². The molecule has 0 atom stereocenters. The highest BCUT2D eigenvalue weighted by Gasteiger charge is 2.14. The van der Waals surface area contributed by atoms with Crippen molar-refractivity contribution in [2.45, 2.75) is 6.54 Å². The zero-order valence-corrected chi connectivity index (χ0v) is 13.4. The molecule has 0 saturated heterocycles. The third-order valence-corrected chi connectivity index (χ3v) is 4.07. The molecule has 1 aromatic carbocycles. The van der Waals surface area contributed by atoms with Crippen LogP contribution in [0.15, 0.2) is 30.3 Å². The average Bonchev–Trinajstić information content (AvgIpc) is 2.68. The van der Waals surface area contributed by atoms with E-state index >= 15 is 0 Å². The van der Waals surface area contributed by atoms with Gasteiger partial charge in [0.25, 0.3) is 5.91 Å². The molecule has 0 aliphatic rings. The Morgan fingerprint density at radius 3 is 2.65 bits per heavy atom. The van der Waals surface area contributed by atoms with Crippen molar-refractivity contribution in [1.82, 2.24) is 4.90 Å². The Balaban J connectivity index is 2.13. The lowest BCUT2D eigenvalue weighted by molar-refractivity contribution is 0.102. The summed E-state index contributed by atoms with van der Waals surface area (Å²) in [7, 11) is 4.00. The molecule has 106 valence electrons.